The lowest BCUT2D eigenvalue weighted by molar-refractivity contribution is -0.144. The van der Waals surface area contributed by atoms with Crippen LogP contribution < -0.4 is 10.6 Å². The fourth-order valence-corrected chi connectivity index (χ4v) is 5.25. The van der Waals surface area contributed by atoms with E-state index in [1.807, 2.05) is 95.9 Å². The predicted molar refractivity (Wildman–Crippen MR) is 158 cm³/mol. The summed E-state index contributed by atoms with van der Waals surface area (Å²) in [7, 11) is 0. The third kappa shape index (κ3) is 7.39. The molecule has 1 heterocycles. The largest absolute Gasteiger partial charge is 0.461 e. The van der Waals surface area contributed by atoms with E-state index >= 15 is 0 Å². The van der Waals surface area contributed by atoms with Crippen molar-refractivity contribution in [2.24, 2.45) is 0 Å². The summed E-state index contributed by atoms with van der Waals surface area (Å²) in [5, 5.41) is 5.48. The molecule has 0 bridgehead atoms. The molecule has 7 heteroatoms. The topological polar surface area (TPSA) is 87.7 Å². The first-order valence-electron chi connectivity index (χ1n) is 13.8. The van der Waals surface area contributed by atoms with Crippen molar-refractivity contribution in [3.05, 3.63) is 138 Å². The minimum absolute atomic E-state index is 0.0503. The van der Waals surface area contributed by atoms with Crippen molar-refractivity contribution in [2.75, 3.05) is 11.9 Å². The number of nitrogens with one attached hydrogen (secondary N) is 2. The smallest absolute Gasteiger partial charge is 0.319 e. The van der Waals surface area contributed by atoms with Gasteiger partial charge in [0.15, 0.2) is 0 Å². The fourth-order valence-electron chi connectivity index (χ4n) is 5.25. The Bertz CT molecular complexity index is 1400. The van der Waals surface area contributed by atoms with Crippen LogP contribution in [0.25, 0.3) is 0 Å². The molecule has 1 fully saturated rings. The van der Waals surface area contributed by atoms with Gasteiger partial charge in [0.2, 0.25) is 5.91 Å². The zero-order valence-electron chi connectivity index (χ0n) is 22.7. The van der Waals surface area contributed by atoms with E-state index in [1.54, 1.807) is 24.3 Å². The normalized spacial score (nSPS) is 16.1. The molecule has 208 valence electrons. The summed E-state index contributed by atoms with van der Waals surface area (Å²) in [5.74, 6) is -0.458. The molecule has 4 aromatic rings. The lowest BCUT2D eigenvalue weighted by atomic mass is 10.0. The number of hydrogen-bond donors (Lipinski definition) is 2. The molecule has 0 radical (unpaired) electrons. The van der Waals surface area contributed by atoms with Crippen molar-refractivity contribution in [1.82, 2.24) is 10.2 Å². The molecular formula is C34H33N3O4. The lowest BCUT2D eigenvalue weighted by Gasteiger charge is -2.31. The van der Waals surface area contributed by atoms with Gasteiger partial charge in [0.25, 0.3) is 0 Å². The Kier molecular flexibility index (Phi) is 9.06. The standard InChI is InChI=1S/C34H33N3O4/c38-32(37-30(27-12-6-2-7-13-27)20-21-31(37)28-14-8-3-9-15-28)23-35-34(40)36-29-18-16-25(17-19-29)22-33(39)41-24-26-10-4-1-5-11-26/h1-19,30-31H,20-24H2,(H2,35,36,40). The third-order valence-corrected chi connectivity index (χ3v) is 7.24. The maximum atomic E-state index is 13.5. The van der Waals surface area contributed by atoms with Crippen molar-refractivity contribution in [3.8, 4) is 0 Å². The van der Waals surface area contributed by atoms with Crippen molar-refractivity contribution >= 4 is 23.6 Å². The van der Waals surface area contributed by atoms with E-state index in [9.17, 15) is 14.4 Å². The highest BCUT2D eigenvalue weighted by atomic mass is 16.5. The number of hydrogen-bond acceptors (Lipinski definition) is 4. The molecule has 2 N–H and O–H groups in total. The van der Waals surface area contributed by atoms with Crippen LogP contribution in [0, 0.1) is 0 Å². The summed E-state index contributed by atoms with van der Waals surface area (Å²) in [6.45, 7) is 0.109. The molecular weight excluding hydrogens is 514 g/mol. The van der Waals surface area contributed by atoms with Crippen molar-refractivity contribution in [3.63, 3.8) is 0 Å². The van der Waals surface area contributed by atoms with E-state index in [4.69, 9.17) is 4.74 Å². The monoisotopic (exact) mass is 547 g/mol. The van der Waals surface area contributed by atoms with Gasteiger partial charge in [-0.2, -0.15) is 0 Å². The van der Waals surface area contributed by atoms with Crippen LogP contribution in [0.3, 0.4) is 0 Å². The molecule has 7 nitrogen and oxygen atoms in total. The first kappa shape index (κ1) is 27.6. The minimum atomic E-state index is -0.472. The number of carbonyl (C=O) groups is 3. The molecule has 1 aliphatic heterocycles. The second-order valence-electron chi connectivity index (χ2n) is 10.1. The fraction of sp³-hybridized carbons (Fsp3) is 0.206. The lowest BCUT2D eigenvalue weighted by Crippen LogP contribution is -2.42. The molecule has 2 unspecified atom stereocenters. The number of benzene rings is 4. The van der Waals surface area contributed by atoms with Crippen LogP contribution >= 0.6 is 0 Å². The Morgan fingerprint density at radius 1 is 0.683 bits per heavy atom. The summed E-state index contributed by atoms with van der Waals surface area (Å²) in [5.41, 5.74) is 4.44. The molecule has 2 atom stereocenters. The average Bonchev–Trinajstić information content (AvgIpc) is 3.47. The first-order chi connectivity index (χ1) is 20.1. The van der Waals surface area contributed by atoms with Gasteiger partial charge in [-0.1, -0.05) is 103 Å². The number of urea groups is 1. The Morgan fingerprint density at radius 3 is 1.78 bits per heavy atom. The van der Waals surface area contributed by atoms with Gasteiger partial charge in [-0.3, -0.25) is 9.59 Å². The molecule has 4 aromatic carbocycles. The second kappa shape index (κ2) is 13.4. The number of ether oxygens (including phenoxy) is 1. The molecule has 0 spiro atoms. The van der Waals surface area contributed by atoms with E-state index in [2.05, 4.69) is 10.6 Å². The zero-order valence-corrected chi connectivity index (χ0v) is 22.7. The van der Waals surface area contributed by atoms with Gasteiger partial charge in [0, 0.05) is 5.69 Å². The summed E-state index contributed by atoms with van der Waals surface area (Å²) in [4.78, 5) is 40.3. The Balaban J connectivity index is 1.14. The molecule has 0 aromatic heterocycles. The zero-order chi connectivity index (χ0) is 28.4. The van der Waals surface area contributed by atoms with E-state index < -0.39 is 6.03 Å². The van der Waals surface area contributed by atoms with Crippen molar-refractivity contribution in [1.29, 1.82) is 0 Å². The SMILES string of the molecule is O=C(NCC(=O)N1C(c2ccccc2)CCC1c1ccccc1)Nc1ccc(CC(=O)OCc2ccccc2)cc1. The molecule has 0 aliphatic carbocycles. The highest BCUT2D eigenvalue weighted by Gasteiger charge is 2.38. The molecule has 5 rings (SSSR count). The van der Waals surface area contributed by atoms with E-state index in [0.717, 1.165) is 35.1 Å². The first-order valence-corrected chi connectivity index (χ1v) is 13.8. The predicted octanol–water partition coefficient (Wildman–Crippen LogP) is 6.20. The second-order valence-corrected chi connectivity index (χ2v) is 10.1. The number of nitrogens with zero attached hydrogens (tertiary/aromatic N) is 1. The van der Waals surface area contributed by atoms with Gasteiger partial charge >= 0.3 is 12.0 Å². The Labute approximate surface area is 240 Å². The molecule has 1 aliphatic rings. The van der Waals surface area contributed by atoms with E-state index in [0.29, 0.717) is 5.69 Å². The molecule has 3 amide bonds. The Hall–Kier alpha value is -4.91. The maximum Gasteiger partial charge on any atom is 0.319 e. The number of esters is 1. The average molecular weight is 548 g/mol. The maximum absolute atomic E-state index is 13.5. The highest BCUT2D eigenvalue weighted by molar-refractivity contribution is 5.92. The van der Waals surface area contributed by atoms with Crippen LogP contribution in [0.4, 0.5) is 10.5 Å². The van der Waals surface area contributed by atoms with Gasteiger partial charge in [0.05, 0.1) is 25.0 Å². The Morgan fingerprint density at radius 2 is 1.22 bits per heavy atom. The third-order valence-electron chi connectivity index (χ3n) is 7.24. The number of likely N-dealkylation sites (tertiary alicyclic amines) is 1. The summed E-state index contributed by atoms with van der Waals surface area (Å²) < 4.78 is 5.34. The van der Waals surface area contributed by atoms with Crippen molar-refractivity contribution < 1.29 is 19.1 Å². The van der Waals surface area contributed by atoms with Crippen LogP contribution in [-0.4, -0.2) is 29.4 Å². The quantitative estimate of drug-likeness (QED) is 0.244. The van der Waals surface area contributed by atoms with Crippen molar-refractivity contribution in [2.45, 2.75) is 38.0 Å². The molecule has 1 saturated heterocycles. The molecule has 41 heavy (non-hydrogen) atoms. The number of amides is 3. The minimum Gasteiger partial charge on any atom is -0.461 e. The van der Waals surface area contributed by atoms with Crippen LogP contribution in [-0.2, 0) is 27.4 Å². The number of carbonyl (C=O) groups excluding carboxylic acids is 3. The van der Waals surface area contributed by atoms with Crippen LogP contribution in [0.1, 0.15) is 47.2 Å². The van der Waals surface area contributed by atoms with Crippen LogP contribution in [0.2, 0.25) is 0 Å². The summed E-state index contributed by atoms with van der Waals surface area (Å²) >= 11 is 0. The van der Waals surface area contributed by atoms with E-state index in [-0.39, 0.29) is 43.5 Å². The van der Waals surface area contributed by atoms with Gasteiger partial charge < -0.3 is 20.3 Å². The van der Waals surface area contributed by atoms with Crippen LogP contribution in [0.5, 0.6) is 0 Å². The van der Waals surface area contributed by atoms with Gasteiger partial charge in [-0.25, -0.2) is 4.79 Å². The van der Waals surface area contributed by atoms with Gasteiger partial charge in [-0.05, 0) is 47.2 Å². The summed E-state index contributed by atoms with van der Waals surface area (Å²) in [6, 6.07) is 36.0. The number of anilines is 1. The summed E-state index contributed by atoms with van der Waals surface area (Å²) in [6.07, 6.45) is 1.84. The van der Waals surface area contributed by atoms with E-state index in [1.165, 1.54) is 0 Å². The number of rotatable bonds is 9. The van der Waals surface area contributed by atoms with Crippen LogP contribution in [0.15, 0.2) is 115 Å². The highest BCUT2D eigenvalue weighted by Crippen LogP contribution is 2.43. The van der Waals surface area contributed by atoms with Gasteiger partial charge in [-0.15, -0.1) is 0 Å². The molecule has 0 saturated carbocycles. The van der Waals surface area contributed by atoms with Gasteiger partial charge in [0.1, 0.15) is 6.61 Å².